The summed E-state index contributed by atoms with van der Waals surface area (Å²) in [5.74, 6) is 0. The molecule has 2 unspecified atom stereocenters. The summed E-state index contributed by atoms with van der Waals surface area (Å²) in [5.41, 5.74) is 0. The highest BCUT2D eigenvalue weighted by Crippen LogP contribution is 1.98. The van der Waals surface area contributed by atoms with Gasteiger partial charge in [-0.3, -0.25) is 0 Å². The number of ether oxygens (including phenoxy) is 2. The molecule has 0 bridgehead atoms. The van der Waals surface area contributed by atoms with Gasteiger partial charge in [-0.25, -0.2) is 0 Å². The van der Waals surface area contributed by atoms with Crippen molar-refractivity contribution in [3.05, 3.63) is 12.7 Å². The first-order valence-corrected chi connectivity index (χ1v) is 3.15. The standard InChI is InChI=1S/C7H14O3/c1-4-5-10-7(9-3)6(2)8/h4,6-8H,1,5H2,2-3H3. The lowest BCUT2D eigenvalue weighted by molar-refractivity contribution is -0.168. The third kappa shape index (κ3) is 3.61. The Bertz CT molecular complexity index is 90.9. The number of methoxy groups -OCH3 is 1. The Morgan fingerprint density at radius 1 is 1.70 bits per heavy atom. The van der Waals surface area contributed by atoms with Crippen LogP contribution in [0.1, 0.15) is 6.92 Å². The molecule has 60 valence electrons. The van der Waals surface area contributed by atoms with E-state index in [1.165, 1.54) is 7.11 Å². The molecule has 0 radical (unpaired) electrons. The lowest BCUT2D eigenvalue weighted by atomic mass is 10.4. The van der Waals surface area contributed by atoms with Gasteiger partial charge in [0.1, 0.15) is 6.10 Å². The fourth-order valence-electron chi connectivity index (χ4n) is 0.567. The number of rotatable bonds is 5. The third-order valence-electron chi connectivity index (χ3n) is 1.00. The maximum atomic E-state index is 8.95. The van der Waals surface area contributed by atoms with Crippen molar-refractivity contribution in [2.45, 2.75) is 19.3 Å². The summed E-state index contributed by atoms with van der Waals surface area (Å²) in [4.78, 5) is 0. The molecule has 3 heteroatoms. The molecule has 0 spiro atoms. The predicted molar refractivity (Wildman–Crippen MR) is 38.6 cm³/mol. The zero-order chi connectivity index (χ0) is 7.98. The molecule has 0 aromatic heterocycles. The van der Waals surface area contributed by atoms with Crippen molar-refractivity contribution in [3.63, 3.8) is 0 Å². The summed E-state index contributed by atoms with van der Waals surface area (Å²) in [6.45, 7) is 5.46. The van der Waals surface area contributed by atoms with Crippen molar-refractivity contribution < 1.29 is 14.6 Å². The molecule has 2 atom stereocenters. The molecule has 0 aliphatic heterocycles. The van der Waals surface area contributed by atoms with Crippen LogP contribution in [-0.2, 0) is 9.47 Å². The smallest absolute Gasteiger partial charge is 0.183 e. The van der Waals surface area contributed by atoms with Gasteiger partial charge in [0.2, 0.25) is 0 Å². The highest BCUT2D eigenvalue weighted by Gasteiger charge is 2.12. The molecular weight excluding hydrogens is 132 g/mol. The molecule has 1 N–H and O–H groups in total. The molecule has 0 aliphatic rings. The Kier molecular flexibility index (Phi) is 5.20. The summed E-state index contributed by atoms with van der Waals surface area (Å²) in [7, 11) is 1.49. The molecule has 0 heterocycles. The molecule has 0 saturated carbocycles. The monoisotopic (exact) mass is 146 g/mol. The summed E-state index contributed by atoms with van der Waals surface area (Å²) < 4.78 is 9.81. The second-order valence-corrected chi connectivity index (χ2v) is 1.97. The predicted octanol–water partition coefficient (Wildman–Crippen LogP) is 0.542. The zero-order valence-electron chi connectivity index (χ0n) is 6.41. The van der Waals surface area contributed by atoms with E-state index in [0.29, 0.717) is 6.61 Å². The Hall–Kier alpha value is -0.380. The lowest BCUT2D eigenvalue weighted by Gasteiger charge is -2.17. The highest BCUT2D eigenvalue weighted by atomic mass is 16.7. The van der Waals surface area contributed by atoms with Gasteiger partial charge in [0.25, 0.3) is 0 Å². The van der Waals surface area contributed by atoms with Crippen molar-refractivity contribution >= 4 is 0 Å². The molecule has 0 rings (SSSR count). The number of aliphatic hydroxyl groups is 1. The second kappa shape index (κ2) is 5.41. The summed E-state index contributed by atoms with van der Waals surface area (Å²) in [6, 6.07) is 0. The molecular formula is C7H14O3. The Morgan fingerprint density at radius 3 is 2.60 bits per heavy atom. The van der Waals surface area contributed by atoms with Gasteiger partial charge in [-0.15, -0.1) is 6.58 Å². The minimum Gasteiger partial charge on any atom is -0.388 e. The molecule has 0 amide bonds. The first kappa shape index (κ1) is 9.62. The molecule has 0 aromatic rings. The van der Waals surface area contributed by atoms with E-state index < -0.39 is 12.4 Å². The van der Waals surface area contributed by atoms with Gasteiger partial charge in [0.05, 0.1) is 6.61 Å². The van der Waals surface area contributed by atoms with Crippen LogP contribution in [0.25, 0.3) is 0 Å². The van der Waals surface area contributed by atoms with Crippen LogP contribution in [-0.4, -0.2) is 31.2 Å². The summed E-state index contributed by atoms with van der Waals surface area (Å²) in [5, 5.41) is 8.95. The van der Waals surface area contributed by atoms with E-state index in [-0.39, 0.29) is 0 Å². The molecule has 0 aliphatic carbocycles. The minimum atomic E-state index is -0.607. The van der Waals surface area contributed by atoms with Crippen molar-refractivity contribution in [1.82, 2.24) is 0 Å². The van der Waals surface area contributed by atoms with Gasteiger partial charge in [-0.1, -0.05) is 6.08 Å². The summed E-state index contributed by atoms with van der Waals surface area (Å²) in [6.07, 6.45) is 0.456. The molecule has 0 fully saturated rings. The SMILES string of the molecule is C=CCOC(OC)C(C)O. The van der Waals surface area contributed by atoms with Gasteiger partial charge in [-0.05, 0) is 6.92 Å². The quantitative estimate of drug-likeness (QED) is 0.454. The van der Waals surface area contributed by atoms with Crippen molar-refractivity contribution in [2.24, 2.45) is 0 Å². The van der Waals surface area contributed by atoms with E-state index in [2.05, 4.69) is 6.58 Å². The Morgan fingerprint density at radius 2 is 2.30 bits per heavy atom. The van der Waals surface area contributed by atoms with Crippen LogP contribution in [0.15, 0.2) is 12.7 Å². The van der Waals surface area contributed by atoms with Gasteiger partial charge in [0.15, 0.2) is 6.29 Å². The fourth-order valence-corrected chi connectivity index (χ4v) is 0.567. The third-order valence-corrected chi connectivity index (χ3v) is 1.00. The number of hydrogen-bond donors (Lipinski definition) is 1. The van der Waals surface area contributed by atoms with Crippen molar-refractivity contribution in [3.8, 4) is 0 Å². The first-order chi connectivity index (χ1) is 4.72. The van der Waals surface area contributed by atoms with Crippen LogP contribution in [0, 0.1) is 0 Å². The molecule has 0 saturated heterocycles. The van der Waals surface area contributed by atoms with Crippen LogP contribution in [0.2, 0.25) is 0 Å². The van der Waals surface area contributed by atoms with Crippen LogP contribution in [0.5, 0.6) is 0 Å². The van der Waals surface area contributed by atoms with Gasteiger partial charge in [0, 0.05) is 7.11 Å². The topological polar surface area (TPSA) is 38.7 Å². The maximum absolute atomic E-state index is 8.95. The largest absolute Gasteiger partial charge is 0.388 e. The van der Waals surface area contributed by atoms with Gasteiger partial charge >= 0.3 is 0 Å². The van der Waals surface area contributed by atoms with E-state index in [0.717, 1.165) is 0 Å². The van der Waals surface area contributed by atoms with E-state index in [1.54, 1.807) is 13.0 Å². The van der Waals surface area contributed by atoms with Crippen molar-refractivity contribution in [2.75, 3.05) is 13.7 Å². The van der Waals surface area contributed by atoms with Crippen molar-refractivity contribution in [1.29, 1.82) is 0 Å². The second-order valence-electron chi connectivity index (χ2n) is 1.97. The van der Waals surface area contributed by atoms with E-state index in [4.69, 9.17) is 14.6 Å². The van der Waals surface area contributed by atoms with Gasteiger partial charge in [-0.2, -0.15) is 0 Å². The fraction of sp³-hybridized carbons (Fsp3) is 0.714. The first-order valence-electron chi connectivity index (χ1n) is 3.15. The summed E-state index contributed by atoms with van der Waals surface area (Å²) >= 11 is 0. The zero-order valence-corrected chi connectivity index (χ0v) is 6.41. The van der Waals surface area contributed by atoms with E-state index >= 15 is 0 Å². The average Bonchev–Trinajstić information content (AvgIpc) is 1.89. The van der Waals surface area contributed by atoms with Crippen LogP contribution < -0.4 is 0 Å². The number of aliphatic hydroxyl groups excluding tert-OH is 1. The highest BCUT2D eigenvalue weighted by molar-refractivity contribution is 4.65. The normalized spacial score (nSPS) is 16.3. The van der Waals surface area contributed by atoms with E-state index in [1.807, 2.05) is 0 Å². The lowest BCUT2D eigenvalue weighted by Crippen LogP contribution is -2.28. The minimum absolute atomic E-state index is 0.392. The molecule has 0 aromatic carbocycles. The Labute approximate surface area is 61.3 Å². The maximum Gasteiger partial charge on any atom is 0.183 e. The van der Waals surface area contributed by atoms with Crippen LogP contribution in [0.4, 0.5) is 0 Å². The number of hydrogen-bond acceptors (Lipinski definition) is 3. The molecule has 3 nitrogen and oxygen atoms in total. The average molecular weight is 146 g/mol. The van der Waals surface area contributed by atoms with Gasteiger partial charge < -0.3 is 14.6 Å². The molecule has 10 heavy (non-hydrogen) atoms. The van der Waals surface area contributed by atoms with Crippen LogP contribution in [0.3, 0.4) is 0 Å². The van der Waals surface area contributed by atoms with E-state index in [9.17, 15) is 0 Å². The Balaban J connectivity index is 3.49. The van der Waals surface area contributed by atoms with Crippen LogP contribution >= 0.6 is 0 Å².